The van der Waals surface area contributed by atoms with Gasteiger partial charge in [0.2, 0.25) is 5.91 Å². The van der Waals surface area contributed by atoms with Crippen LogP contribution in [0.3, 0.4) is 0 Å². The number of aliphatic hydroxyl groups is 2. The number of benzene rings is 2. The Labute approximate surface area is 225 Å². The van der Waals surface area contributed by atoms with Gasteiger partial charge in [-0.05, 0) is 48.1 Å². The molecule has 2 aromatic carbocycles. The highest BCUT2D eigenvalue weighted by Crippen LogP contribution is 2.52. The number of halogens is 4. The number of nitrogens with zero attached hydrogens (tertiary/aromatic N) is 1. The van der Waals surface area contributed by atoms with E-state index >= 15 is 8.78 Å². The van der Waals surface area contributed by atoms with Gasteiger partial charge in [-0.3, -0.25) is 4.79 Å². The van der Waals surface area contributed by atoms with E-state index < -0.39 is 59.2 Å². The Kier molecular flexibility index (Phi) is 9.20. The number of hydrogen-bond acceptors (Lipinski definition) is 5. The first-order valence-electron chi connectivity index (χ1n) is 12.0. The van der Waals surface area contributed by atoms with E-state index in [1.807, 2.05) is 20.8 Å². The summed E-state index contributed by atoms with van der Waals surface area (Å²) in [6.45, 7) is 5.40. The van der Waals surface area contributed by atoms with Crippen molar-refractivity contribution >= 4 is 29.1 Å². The molecule has 2 aromatic rings. The number of carbonyl (C=O) groups is 1. The first kappa shape index (κ1) is 29.3. The summed E-state index contributed by atoms with van der Waals surface area (Å²) in [5.74, 6) is -3.50. The van der Waals surface area contributed by atoms with Crippen LogP contribution in [0, 0.1) is 28.4 Å². The summed E-state index contributed by atoms with van der Waals surface area (Å²) in [6.07, 6.45) is -0.595. The van der Waals surface area contributed by atoms with Crippen LogP contribution >= 0.6 is 23.2 Å². The van der Waals surface area contributed by atoms with Gasteiger partial charge in [0, 0.05) is 34.1 Å². The third-order valence-electron chi connectivity index (χ3n) is 6.65. The number of amides is 1. The fourth-order valence-electron chi connectivity index (χ4n) is 5.17. The molecule has 0 spiro atoms. The lowest BCUT2D eigenvalue weighted by atomic mass is 9.62. The average Bonchev–Trinajstić information content (AvgIpc) is 3.11. The van der Waals surface area contributed by atoms with Crippen LogP contribution in [0.15, 0.2) is 36.4 Å². The quantitative estimate of drug-likeness (QED) is 0.386. The molecule has 1 saturated heterocycles. The van der Waals surface area contributed by atoms with Gasteiger partial charge in [0.05, 0.1) is 24.8 Å². The van der Waals surface area contributed by atoms with Crippen molar-refractivity contribution in [1.82, 2.24) is 10.6 Å². The molecule has 1 aliphatic rings. The Morgan fingerprint density at radius 3 is 2.41 bits per heavy atom. The van der Waals surface area contributed by atoms with Gasteiger partial charge in [0.15, 0.2) is 0 Å². The zero-order chi connectivity index (χ0) is 27.5. The van der Waals surface area contributed by atoms with Gasteiger partial charge in [-0.1, -0.05) is 56.1 Å². The van der Waals surface area contributed by atoms with Crippen molar-refractivity contribution < 1.29 is 23.8 Å². The predicted molar refractivity (Wildman–Crippen MR) is 138 cm³/mol. The molecule has 0 aliphatic carbocycles. The van der Waals surface area contributed by atoms with Gasteiger partial charge in [0.25, 0.3) is 0 Å². The molecule has 3 rings (SSSR count). The molecule has 1 fully saturated rings. The second-order valence-corrected chi connectivity index (χ2v) is 11.5. The maximum atomic E-state index is 15.5. The molecule has 4 unspecified atom stereocenters. The molecule has 4 N–H and O–H groups in total. The minimum Gasteiger partial charge on any atom is -0.394 e. The molecule has 1 amide bonds. The highest BCUT2D eigenvalue weighted by molar-refractivity contribution is 6.30. The van der Waals surface area contributed by atoms with E-state index in [2.05, 4.69) is 16.7 Å². The fraction of sp³-hybridized carbons (Fsp3) is 0.481. The van der Waals surface area contributed by atoms with Gasteiger partial charge in [-0.25, -0.2) is 8.78 Å². The van der Waals surface area contributed by atoms with Crippen LogP contribution < -0.4 is 10.6 Å². The monoisotopic (exact) mass is 553 g/mol. The summed E-state index contributed by atoms with van der Waals surface area (Å²) in [4.78, 5) is 13.5. The van der Waals surface area contributed by atoms with E-state index in [1.54, 1.807) is 24.3 Å². The highest BCUT2D eigenvalue weighted by atomic mass is 35.5. The molecule has 6 nitrogen and oxygen atoms in total. The van der Waals surface area contributed by atoms with Crippen LogP contribution in [0.5, 0.6) is 0 Å². The summed E-state index contributed by atoms with van der Waals surface area (Å²) in [5.41, 5.74) is -2.22. The second-order valence-electron chi connectivity index (χ2n) is 10.6. The lowest BCUT2D eigenvalue weighted by Gasteiger charge is -2.37. The van der Waals surface area contributed by atoms with E-state index in [1.165, 1.54) is 0 Å². The number of aliphatic hydroxyl groups excluding tert-OH is 2. The lowest BCUT2D eigenvalue weighted by Crippen LogP contribution is -2.46. The summed E-state index contributed by atoms with van der Waals surface area (Å²) in [7, 11) is 0. The zero-order valence-corrected chi connectivity index (χ0v) is 22.4. The number of nitriles is 1. The molecule has 0 aromatic heterocycles. The largest absolute Gasteiger partial charge is 0.394 e. The SMILES string of the molecule is CC(C)(C)CC1NC(C(=O)NCC[C@H](O)CO)C(c2cccc(Cl)c2)C1(C#N)c1c(F)cc(Cl)cc1F. The molecule has 200 valence electrons. The van der Waals surface area contributed by atoms with E-state index in [4.69, 9.17) is 28.3 Å². The van der Waals surface area contributed by atoms with Crippen LogP contribution in [-0.2, 0) is 10.2 Å². The predicted octanol–water partition coefficient (Wildman–Crippen LogP) is 4.45. The third kappa shape index (κ3) is 6.24. The molecule has 0 radical (unpaired) electrons. The number of nitrogens with one attached hydrogen (secondary N) is 2. The maximum Gasteiger partial charge on any atom is 0.237 e. The zero-order valence-electron chi connectivity index (χ0n) is 20.9. The Morgan fingerprint density at radius 2 is 1.86 bits per heavy atom. The standard InChI is InChI=1S/C27H31Cl2F2N3O3/c1-26(2,3)12-21-27(14-32,23-19(30)10-17(29)11-20(23)31)22(15-5-4-6-16(28)9-15)24(34-21)25(37)33-8-7-18(36)13-35/h4-6,9-11,18,21-22,24,34-36H,7-8,12-13H2,1-3H3,(H,33,37)/t18-,21?,22?,24?,27?/m0/s1. The lowest BCUT2D eigenvalue weighted by molar-refractivity contribution is -0.123. The molecule has 0 saturated carbocycles. The molecule has 1 heterocycles. The van der Waals surface area contributed by atoms with Crippen molar-refractivity contribution in [3.05, 3.63) is 69.2 Å². The average molecular weight is 554 g/mol. The van der Waals surface area contributed by atoms with Crippen molar-refractivity contribution in [2.75, 3.05) is 13.2 Å². The molecule has 10 heteroatoms. The minimum atomic E-state index is -1.84. The van der Waals surface area contributed by atoms with Crippen LogP contribution in [-0.4, -0.2) is 47.5 Å². The van der Waals surface area contributed by atoms with Crippen molar-refractivity contribution in [3.8, 4) is 6.07 Å². The second kappa shape index (κ2) is 11.6. The summed E-state index contributed by atoms with van der Waals surface area (Å²) in [5, 5.41) is 35.6. The summed E-state index contributed by atoms with van der Waals surface area (Å²) < 4.78 is 31.1. The first-order chi connectivity index (χ1) is 17.3. The Balaban J connectivity index is 2.24. The van der Waals surface area contributed by atoms with Crippen molar-refractivity contribution in [1.29, 1.82) is 5.26 Å². The van der Waals surface area contributed by atoms with Gasteiger partial charge in [-0.15, -0.1) is 0 Å². The topological polar surface area (TPSA) is 105 Å². The van der Waals surface area contributed by atoms with Crippen LogP contribution in [0.4, 0.5) is 8.78 Å². The van der Waals surface area contributed by atoms with Crippen molar-refractivity contribution in [3.63, 3.8) is 0 Å². The molecule has 0 bridgehead atoms. The summed E-state index contributed by atoms with van der Waals surface area (Å²) in [6, 6.07) is 8.79. The maximum absolute atomic E-state index is 15.5. The van der Waals surface area contributed by atoms with Gasteiger partial charge < -0.3 is 20.8 Å². The number of carbonyl (C=O) groups excluding carboxylic acids is 1. The normalized spacial score (nSPS) is 24.5. The van der Waals surface area contributed by atoms with Crippen molar-refractivity contribution in [2.24, 2.45) is 5.41 Å². The third-order valence-corrected chi connectivity index (χ3v) is 7.11. The van der Waals surface area contributed by atoms with E-state index in [-0.39, 0.29) is 23.4 Å². The summed E-state index contributed by atoms with van der Waals surface area (Å²) >= 11 is 12.2. The fourth-order valence-corrected chi connectivity index (χ4v) is 5.56. The Bertz CT molecular complexity index is 1160. The molecule has 37 heavy (non-hydrogen) atoms. The number of rotatable bonds is 8. The Morgan fingerprint density at radius 1 is 1.22 bits per heavy atom. The van der Waals surface area contributed by atoms with Gasteiger partial charge in [0.1, 0.15) is 17.0 Å². The molecule has 5 atom stereocenters. The van der Waals surface area contributed by atoms with Crippen LogP contribution in [0.25, 0.3) is 0 Å². The van der Waals surface area contributed by atoms with Gasteiger partial charge in [-0.2, -0.15) is 5.26 Å². The smallest absolute Gasteiger partial charge is 0.237 e. The number of hydrogen-bond donors (Lipinski definition) is 4. The van der Waals surface area contributed by atoms with E-state index in [0.717, 1.165) is 12.1 Å². The first-order valence-corrected chi connectivity index (χ1v) is 12.7. The minimum absolute atomic E-state index is 0.0498. The molecule has 1 aliphatic heterocycles. The van der Waals surface area contributed by atoms with E-state index in [0.29, 0.717) is 17.0 Å². The molecular formula is C27H31Cl2F2N3O3. The highest BCUT2D eigenvalue weighted by Gasteiger charge is 2.61. The molecular weight excluding hydrogens is 523 g/mol. The van der Waals surface area contributed by atoms with E-state index in [9.17, 15) is 15.2 Å². The van der Waals surface area contributed by atoms with Crippen LogP contribution in [0.1, 0.15) is 50.7 Å². The Hall–Kier alpha value is -2.28. The van der Waals surface area contributed by atoms with Gasteiger partial charge >= 0.3 is 0 Å². The van der Waals surface area contributed by atoms with Crippen molar-refractivity contribution in [2.45, 2.75) is 63.1 Å². The van der Waals surface area contributed by atoms with Crippen LogP contribution in [0.2, 0.25) is 10.0 Å².